The highest BCUT2D eigenvalue weighted by Gasteiger charge is 2.09. The first-order valence-electron chi connectivity index (χ1n) is 2.39. The lowest BCUT2D eigenvalue weighted by atomic mass is 9.76. The van der Waals surface area contributed by atoms with E-state index in [1.54, 1.807) is 0 Å². The predicted molar refractivity (Wildman–Crippen MR) is 43.0 cm³/mol. The van der Waals surface area contributed by atoms with Crippen LogP contribution < -0.4 is 5.32 Å². The Kier molecular flexibility index (Phi) is 2.11. The first-order chi connectivity index (χ1) is 3.79. The number of thiol groups is 1. The van der Waals surface area contributed by atoms with E-state index in [1.165, 1.54) is 0 Å². The summed E-state index contributed by atoms with van der Waals surface area (Å²) in [6.07, 6.45) is 0. The molecule has 0 saturated carbocycles. The molecular weight excluding hydrogens is 137 g/mol. The van der Waals surface area contributed by atoms with Crippen molar-refractivity contribution in [3.05, 3.63) is 17.4 Å². The Balaban J connectivity index is 2.55. The molecule has 0 fully saturated rings. The molecule has 0 atom stereocenters. The van der Waals surface area contributed by atoms with Gasteiger partial charge in [-0.05, 0) is 12.2 Å². The minimum Gasteiger partial charge on any atom is -0.305 e. The molecule has 0 spiro atoms. The van der Waals surface area contributed by atoms with Crippen LogP contribution in [-0.2, 0) is 0 Å². The van der Waals surface area contributed by atoms with Crippen LogP contribution in [0.25, 0.3) is 0 Å². The predicted octanol–water partition coefficient (Wildman–Crippen LogP) is -0.782. The molecule has 0 bridgehead atoms. The van der Waals surface area contributed by atoms with Gasteiger partial charge >= 0.3 is 0 Å². The van der Waals surface area contributed by atoms with Crippen molar-refractivity contribution in [2.75, 3.05) is 0 Å². The zero-order chi connectivity index (χ0) is 5.98. The fraction of sp³-hybridized carbons (Fsp3) is 0. The van der Waals surface area contributed by atoms with E-state index in [0.717, 1.165) is 17.1 Å². The molecule has 2 N–H and O–H groups in total. The smallest absolute Gasteiger partial charge is 0.270 e. The molecule has 1 nitrogen and oxygen atoms in total. The molecule has 4 heteroatoms. The molecule has 1 radical (unpaired) electrons. The standard InChI is InChI=1S/C4H6BNS2/c7-3-1-5-4(8)6-2-3/h1-2,5,7H,6H2/q+1. The summed E-state index contributed by atoms with van der Waals surface area (Å²) in [7, 11) is 0.880. The number of thiocarbonyl (C=S) groups is 1. The second-order valence-corrected chi connectivity index (χ2v) is 2.67. The highest BCUT2D eigenvalue weighted by atomic mass is 32.1. The summed E-state index contributed by atoms with van der Waals surface area (Å²) >= 11 is 9.01. The van der Waals surface area contributed by atoms with Gasteiger partial charge in [0.2, 0.25) is 0 Å². The van der Waals surface area contributed by atoms with Gasteiger partial charge in [-0.25, -0.2) is 0 Å². The zero-order valence-electron chi connectivity index (χ0n) is 4.29. The molecular formula is C4H6BNS2+. The summed E-state index contributed by atoms with van der Waals surface area (Å²) in [6, 6.07) is 0. The van der Waals surface area contributed by atoms with Crippen molar-refractivity contribution in [2.45, 2.75) is 0 Å². The Morgan fingerprint density at radius 1 is 1.75 bits per heavy atom. The average Bonchev–Trinajstić information content (AvgIpc) is 1.77. The van der Waals surface area contributed by atoms with Crippen LogP contribution in [-0.4, -0.2) is 12.2 Å². The van der Waals surface area contributed by atoms with Gasteiger partial charge in [-0.15, -0.1) is 12.6 Å². The van der Waals surface area contributed by atoms with Gasteiger partial charge in [0.1, 0.15) is 4.89 Å². The molecule has 1 heterocycles. The Bertz CT molecular complexity index is 143. The maximum Gasteiger partial charge on any atom is 0.270 e. The molecule has 1 aliphatic heterocycles. The van der Waals surface area contributed by atoms with Gasteiger partial charge in [0.05, 0.1) is 0 Å². The average molecular weight is 143 g/mol. The minimum atomic E-state index is 0.880. The van der Waals surface area contributed by atoms with Crippen molar-refractivity contribution in [1.82, 2.24) is 0 Å². The normalized spacial score (nSPS) is 19.6. The number of hydrogen-bond acceptors (Lipinski definition) is 2. The van der Waals surface area contributed by atoms with E-state index in [0.29, 0.717) is 0 Å². The topological polar surface area (TPSA) is 16.6 Å². The third kappa shape index (κ3) is 1.61. The molecule has 0 aromatic heterocycles. The van der Waals surface area contributed by atoms with Crippen LogP contribution in [0.4, 0.5) is 0 Å². The second-order valence-electron chi connectivity index (χ2n) is 1.63. The van der Waals surface area contributed by atoms with Gasteiger partial charge in [-0.2, -0.15) is 0 Å². The van der Waals surface area contributed by atoms with Crippen molar-refractivity contribution in [1.29, 1.82) is 0 Å². The largest absolute Gasteiger partial charge is 0.305 e. The van der Waals surface area contributed by atoms with E-state index in [9.17, 15) is 0 Å². The maximum absolute atomic E-state index is 4.89. The second kappa shape index (κ2) is 2.66. The molecule has 0 aliphatic carbocycles. The van der Waals surface area contributed by atoms with E-state index >= 15 is 0 Å². The third-order valence-electron chi connectivity index (χ3n) is 0.952. The summed E-state index contributed by atoms with van der Waals surface area (Å²) in [6.45, 7) is 1.91. The summed E-state index contributed by atoms with van der Waals surface area (Å²) in [5.74, 6) is 2.01. The number of quaternary nitrogens is 1. The van der Waals surface area contributed by atoms with Crippen LogP contribution in [0.2, 0.25) is 0 Å². The fourth-order valence-corrected chi connectivity index (χ4v) is 0.837. The minimum absolute atomic E-state index is 0.880. The van der Waals surface area contributed by atoms with Crippen LogP contribution in [0.1, 0.15) is 0 Å². The van der Waals surface area contributed by atoms with Crippen LogP contribution in [0.5, 0.6) is 0 Å². The van der Waals surface area contributed by atoms with Crippen molar-refractivity contribution in [2.24, 2.45) is 0 Å². The Morgan fingerprint density at radius 3 is 2.88 bits per heavy atom. The van der Waals surface area contributed by atoms with Gasteiger partial charge in [0.15, 0.2) is 6.54 Å². The fourth-order valence-electron chi connectivity index (χ4n) is 0.520. The number of rotatable bonds is 0. The highest BCUT2D eigenvalue weighted by molar-refractivity contribution is 7.85. The molecule has 1 aliphatic rings. The van der Waals surface area contributed by atoms with Crippen molar-refractivity contribution in [3.8, 4) is 0 Å². The van der Waals surface area contributed by atoms with Crippen LogP contribution >= 0.6 is 24.8 Å². The van der Waals surface area contributed by atoms with Gasteiger partial charge < -0.3 is 5.32 Å². The number of nitrogens with two attached hydrogens (primary N) is 1. The zero-order valence-corrected chi connectivity index (χ0v) is 6.01. The molecule has 0 saturated heterocycles. The summed E-state index contributed by atoms with van der Waals surface area (Å²) in [4.78, 5) is 2.00. The van der Waals surface area contributed by atoms with E-state index in [4.69, 9.17) is 12.2 Å². The lowest BCUT2D eigenvalue weighted by Crippen LogP contribution is -2.86. The molecule has 0 amide bonds. The number of hydrogen-bond donors (Lipinski definition) is 2. The van der Waals surface area contributed by atoms with E-state index in [-0.39, 0.29) is 0 Å². The van der Waals surface area contributed by atoms with E-state index < -0.39 is 0 Å². The van der Waals surface area contributed by atoms with Gasteiger partial charge in [0, 0.05) is 4.91 Å². The van der Waals surface area contributed by atoms with Crippen LogP contribution in [0.3, 0.4) is 0 Å². The lowest BCUT2D eigenvalue weighted by molar-refractivity contribution is -0.480. The van der Waals surface area contributed by atoms with Crippen molar-refractivity contribution in [3.63, 3.8) is 0 Å². The first-order valence-corrected chi connectivity index (χ1v) is 3.24. The first kappa shape index (κ1) is 6.33. The van der Waals surface area contributed by atoms with Crippen LogP contribution in [0.15, 0.2) is 10.9 Å². The van der Waals surface area contributed by atoms with Crippen molar-refractivity contribution >= 4 is 37.0 Å². The Morgan fingerprint density at radius 2 is 2.50 bits per heavy atom. The summed E-state index contributed by atoms with van der Waals surface area (Å²) < 4.78 is 0. The van der Waals surface area contributed by atoms with Gasteiger partial charge in [-0.3, -0.25) is 0 Å². The molecule has 8 heavy (non-hydrogen) atoms. The molecule has 41 valence electrons. The third-order valence-corrected chi connectivity index (χ3v) is 1.59. The molecule has 1 rings (SSSR count). The van der Waals surface area contributed by atoms with Gasteiger partial charge in [0.25, 0.3) is 7.28 Å². The Hall–Kier alpha value is 0.205. The quantitative estimate of drug-likeness (QED) is 0.258. The molecule has 0 unspecified atom stereocenters. The van der Waals surface area contributed by atoms with Gasteiger partial charge in [-0.1, -0.05) is 5.98 Å². The lowest BCUT2D eigenvalue weighted by Gasteiger charge is -2.03. The monoisotopic (exact) mass is 143 g/mol. The maximum atomic E-state index is 4.89. The summed E-state index contributed by atoms with van der Waals surface area (Å²) in [5.41, 5.74) is 0. The van der Waals surface area contributed by atoms with E-state index in [2.05, 4.69) is 12.6 Å². The van der Waals surface area contributed by atoms with E-state index in [1.807, 2.05) is 17.8 Å². The van der Waals surface area contributed by atoms with Crippen LogP contribution in [0, 0.1) is 6.54 Å². The molecule has 0 aromatic rings. The molecule has 0 aromatic carbocycles. The SMILES string of the molecule is S=C1BC=C(S)[CH][NH2+]1. The summed E-state index contributed by atoms with van der Waals surface area (Å²) in [5, 5.41) is 1.91. The highest BCUT2D eigenvalue weighted by Crippen LogP contribution is 1.99. The van der Waals surface area contributed by atoms with Crippen molar-refractivity contribution < 1.29 is 5.32 Å². The Labute approximate surface area is 60.2 Å².